The second kappa shape index (κ2) is 10.1. The largest absolute Gasteiger partial charge is 0.491 e. The molecule has 3 aliphatic rings. The Bertz CT molecular complexity index is 1210. The summed E-state index contributed by atoms with van der Waals surface area (Å²) in [5.74, 6) is -1.39. The maximum Gasteiger partial charge on any atom is 0.491 e. The summed E-state index contributed by atoms with van der Waals surface area (Å²) in [6.45, 7) is 0.256. The molecule has 0 aromatic heterocycles. The smallest absolute Gasteiger partial charge is 0.423 e. The van der Waals surface area contributed by atoms with Gasteiger partial charge in [0.1, 0.15) is 0 Å². The van der Waals surface area contributed by atoms with E-state index in [1.165, 1.54) is 4.90 Å². The van der Waals surface area contributed by atoms with Crippen LogP contribution in [0.25, 0.3) is 0 Å². The van der Waals surface area contributed by atoms with Crippen LogP contribution < -0.4 is 22.0 Å². The molecule has 5 rings (SSSR count). The average molecular weight is 491 g/mol. The predicted molar refractivity (Wildman–Crippen MR) is 131 cm³/mol. The maximum atomic E-state index is 13.6. The van der Waals surface area contributed by atoms with Crippen LogP contribution in [-0.4, -0.2) is 65.5 Å². The van der Waals surface area contributed by atoms with Crippen molar-refractivity contribution in [1.82, 2.24) is 10.2 Å². The number of carbonyl (C=O) groups excluding carboxylic acids is 3. The van der Waals surface area contributed by atoms with Crippen molar-refractivity contribution >= 4 is 42.9 Å². The molecule has 0 saturated heterocycles. The van der Waals surface area contributed by atoms with Gasteiger partial charge in [0, 0.05) is 17.2 Å². The minimum absolute atomic E-state index is 0.262. The standard InChI is InChI=1S/C24H27B2N3O7/c27-22(30)11-29(24(32)15-6-8-17-13-36-26(34)19(17)10-15)21-4-2-1-3-20(21)28-23(31)14-5-7-16-12-35-25(33)18(16)9-14/h5-10,20-21,33-34H,1-4,11-13H2,(H2,27,30)(H,28,31)/t20-,21-/m1/s1. The molecule has 2 heterocycles. The molecule has 0 spiro atoms. The lowest BCUT2D eigenvalue weighted by atomic mass is 9.78. The zero-order valence-electron chi connectivity index (χ0n) is 19.7. The van der Waals surface area contributed by atoms with E-state index in [9.17, 15) is 24.4 Å². The number of hydrogen-bond donors (Lipinski definition) is 4. The van der Waals surface area contributed by atoms with E-state index in [0.717, 1.165) is 24.0 Å². The third-order valence-electron chi connectivity index (χ3n) is 7.16. The van der Waals surface area contributed by atoms with E-state index in [-0.39, 0.29) is 19.1 Å². The molecule has 1 aliphatic carbocycles. The van der Waals surface area contributed by atoms with Gasteiger partial charge in [0.05, 0.1) is 25.8 Å². The Hall–Kier alpha value is -3.18. The first-order valence-corrected chi connectivity index (χ1v) is 12.1. The molecule has 10 nitrogen and oxygen atoms in total. The van der Waals surface area contributed by atoms with Crippen LogP contribution >= 0.6 is 0 Å². The zero-order chi connectivity index (χ0) is 25.4. The van der Waals surface area contributed by atoms with Crippen molar-refractivity contribution in [2.45, 2.75) is 51.0 Å². The fourth-order valence-corrected chi connectivity index (χ4v) is 5.28. The second-order valence-electron chi connectivity index (χ2n) is 9.49. The highest BCUT2D eigenvalue weighted by molar-refractivity contribution is 6.62. The Morgan fingerprint density at radius 1 is 0.944 bits per heavy atom. The Balaban J connectivity index is 1.38. The number of nitrogens with one attached hydrogen (secondary N) is 1. The number of fused-ring (bicyclic) bond motifs is 2. The Kier molecular flexibility index (Phi) is 6.85. The summed E-state index contributed by atoms with van der Waals surface area (Å²) in [7, 11) is -2.16. The predicted octanol–water partition coefficient (Wildman–Crippen LogP) is -1.21. The van der Waals surface area contributed by atoms with E-state index in [1.807, 2.05) is 0 Å². The molecule has 2 aliphatic heterocycles. The van der Waals surface area contributed by atoms with Crippen molar-refractivity contribution in [3.63, 3.8) is 0 Å². The summed E-state index contributed by atoms with van der Waals surface area (Å²) >= 11 is 0. The highest BCUT2D eigenvalue weighted by atomic mass is 16.5. The van der Waals surface area contributed by atoms with Crippen molar-refractivity contribution < 1.29 is 33.7 Å². The zero-order valence-corrected chi connectivity index (χ0v) is 19.7. The molecule has 5 N–H and O–H groups in total. The fraction of sp³-hybridized carbons (Fsp3) is 0.375. The molecule has 12 heteroatoms. The number of benzene rings is 2. The van der Waals surface area contributed by atoms with Gasteiger partial charge in [0.25, 0.3) is 11.8 Å². The number of nitrogens with two attached hydrogens (primary N) is 1. The molecule has 0 radical (unpaired) electrons. The quantitative estimate of drug-likeness (QED) is 0.371. The van der Waals surface area contributed by atoms with Gasteiger partial charge in [0.2, 0.25) is 5.91 Å². The topological polar surface area (TPSA) is 151 Å². The molecule has 2 aromatic carbocycles. The van der Waals surface area contributed by atoms with Gasteiger partial charge < -0.3 is 35.3 Å². The maximum absolute atomic E-state index is 13.6. The lowest BCUT2D eigenvalue weighted by Gasteiger charge is -2.40. The number of rotatable bonds is 6. The van der Waals surface area contributed by atoms with Crippen molar-refractivity contribution in [1.29, 1.82) is 0 Å². The molecule has 2 aromatic rings. The highest BCUT2D eigenvalue weighted by Crippen LogP contribution is 2.26. The molecule has 3 amide bonds. The summed E-state index contributed by atoms with van der Waals surface area (Å²) in [5, 5.41) is 23.1. The molecular weight excluding hydrogens is 464 g/mol. The summed E-state index contributed by atoms with van der Waals surface area (Å²) in [5.41, 5.74) is 8.92. The van der Waals surface area contributed by atoms with Crippen LogP contribution in [0.15, 0.2) is 36.4 Å². The number of primary amides is 1. The third kappa shape index (κ3) is 4.77. The van der Waals surface area contributed by atoms with E-state index in [4.69, 9.17) is 15.0 Å². The molecule has 1 fully saturated rings. The third-order valence-corrected chi connectivity index (χ3v) is 7.16. The monoisotopic (exact) mass is 491 g/mol. The minimum atomic E-state index is -1.10. The second-order valence-corrected chi connectivity index (χ2v) is 9.49. The van der Waals surface area contributed by atoms with Crippen LogP contribution in [0.5, 0.6) is 0 Å². The molecule has 36 heavy (non-hydrogen) atoms. The van der Waals surface area contributed by atoms with E-state index in [2.05, 4.69) is 5.32 Å². The van der Waals surface area contributed by atoms with Crippen LogP contribution in [0.2, 0.25) is 0 Å². The Morgan fingerprint density at radius 3 is 2.17 bits per heavy atom. The van der Waals surface area contributed by atoms with Crippen molar-refractivity contribution in [3.05, 3.63) is 58.7 Å². The average Bonchev–Trinajstić information content (AvgIpc) is 3.44. The van der Waals surface area contributed by atoms with E-state index in [1.54, 1.807) is 36.4 Å². The van der Waals surface area contributed by atoms with Crippen molar-refractivity contribution in [3.8, 4) is 0 Å². The Labute approximate surface area is 209 Å². The summed E-state index contributed by atoms with van der Waals surface area (Å²) < 4.78 is 10.4. The molecule has 0 bridgehead atoms. The lowest BCUT2D eigenvalue weighted by Crippen LogP contribution is -2.57. The first-order chi connectivity index (χ1) is 17.3. The first-order valence-electron chi connectivity index (χ1n) is 12.1. The van der Waals surface area contributed by atoms with Gasteiger partial charge in [-0.25, -0.2) is 0 Å². The van der Waals surface area contributed by atoms with Crippen LogP contribution in [0.3, 0.4) is 0 Å². The van der Waals surface area contributed by atoms with Crippen LogP contribution in [0.1, 0.15) is 57.5 Å². The van der Waals surface area contributed by atoms with Gasteiger partial charge in [-0.15, -0.1) is 0 Å². The SMILES string of the molecule is NC(=O)CN(C(=O)c1ccc2c(c1)B(O)OC2)[C@@H]1CCCC[C@H]1NC(=O)c1ccc2c(c1)B(O)OC2. The van der Waals surface area contributed by atoms with Crippen LogP contribution in [0, 0.1) is 0 Å². The van der Waals surface area contributed by atoms with Gasteiger partial charge >= 0.3 is 14.2 Å². The van der Waals surface area contributed by atoms with Crippen LogP contribution in [-0.2, 0) is 27.3 Å². The minimum Gasteiger partial charge on any atom is -0.423 e. The normalized spacial score (nSPS) is 20.6. The van der Waals surface area contributed by atoms with Crippen LogP contribution in [0.4, 0.5) is 0 Å². The van der Waals surface area contributed by atoms with Gasteiger partial charge in [-0.05, 0) is 59.2 Å². The van der Waals surface area contributed by atoms with E-state index >= 15 is 0 Å². The van der Waals surface area contributed by atoms with Gasteiger partial charge in [-0.1, -0.05) is 25.0 Å². The molecule has 0 unspecified atom stereocenters. The summed E-state index contributed by atoms with van der Waals surface area (Å²) in [6.07, 6.45) is 2.92. The fourth-order valence-electron chi connectivity index (χ4n) is 5.28. The van der Waals surface area contributed by atoms with Crippen molar-refractivity contribution in [2.24, 2.45) is 5.73 Å². The molecular formula is C24H27B2N3O7. The van der Waals surface area contributed by atoms with Crippen molar-refractivity contribution in [2.75, 3.05) is 6.54 Å². The van der Waals surface area contributed by atoms with Gasteiger partial charge in [-0.3, -0.25) is 14.4 Å². The number of hydrogen-bond acceptors (Lipinski definition) is 7. The molecule has 186 valence electrons. The number of amides is 3. The highest BCUT2D eigenvalue weighted by Gasteiger charge is 2.37. The van der Waals surface area contributed by atoms with E-state index < -0.39 is 38.1 Å². The number of carbonyl (C=O) groups is 3. The number of nitrogens with zero attached hydrogens (tertiary/aromatic N) is 1. The summed E-state index contributed by atoms with van der Waals surface area (Å²) in [4.78, 5) is 40.1. The Morgan fingerprint density at radius 2 is 1.53 bits per heavy atom. The first kappa shape index (κ1) is 24.5. The molecule has 2 atom stereocenters. The van der Waals surface area contributed by atoms with E-state index in [0.29, 0.717) is 41.5 Å². The summed E-state index contributed by atoms with van der Waals surface area (Å²) in [6, 6.07) is 9.17. The lowest BCUT2D eigenvalue weighted by molar-refractivity contribution is -0.119. The van der Waals surface area contributed by atoms with Gasteiger partial charge in [0.15, 0.2) is 0 Å². The molecule has 1 saturated carbocycles. The van der Waals surface area contributed by atoms with Gasteiger partial charge in [-0.2, -0.15) is 0 Å².